The van der Waals surface area contributed by atoms with E-state index in [0.717, 1.165) is 46.8 Å². The van der Waals surface area contributed by atoms with E-state index in [0.29, 0.717) is 11.8 Å². The number of pyridine rings is 1. The summed E-state index contributed by atoms with van der Waals surface area (Å²) in [4.78, 5) is 27.8. The molecular formula is C20H25N7O2S. The predicted octanol–water partition coefficient (Wildman–Crippen LogP) is 3.25. The first-order valence-electron chi connectivity index (χ1n) is 9.97. The van der Waals surface area contributed by atoms with Crippen molar-refractivity contribution < 1.29 is 9.53 Å². The van der Waals surface area contributed by atoms with Crippen LogP contribution in [0.5, 0.6) is 0 Å². The van der Waals surface area contributed by atoms with Crippen molar-refractivity contribution >= 4 is 39.2 Å². The monoisotopic (exact) mass is 427 g/mol. The number of nitrogens with one attached hydrogen (secondary N) is 1. The Morgan fingerprint density at radius 1 is 1.23 bits per heavy atom. The SMILES string of the molecule is Cc1cc2ncnn2cc1Nc1ncc2c(n1)N(C1CCS(C)(C)CC1)C(=O)OC2. The number of hydrogen-bond acceptors (Lipinski definition) is 7. The number of carbonyl (C=O) groups is 1. The maximum Gasteiger partial charge on any atom is 0.416 e. The van der Waals surface area contributed by atoms with Gasteiger partial charge < -0.3 is 10.1 Å². The van der Waals surface area contributed by atoms with E-state index < -0.39 is 10.0 Å². The van der Waals surface area contributed by atoms with Gasteiger partial charge in [0.05, 0.1) is 17.4 Å². The van der Waals surface area contributed by atoms with Crippen LogP contribution in [0, 0.1) is 6.92 Å². The molecule has 0 saturated carbocycles. The molecule has 0 radical (unpaired) electrons. The second-order valence-corrected chi connectivity index (χ2v) is 12.8. The molecular weight excluding hydrogens is 402 g/mol. The van der Waals surface area contributed by atoms with Gasteiger partial charge in [-0.2, -0.15) is 10.1 Å². The summed E-state index contributed by atoms with van der Waals surface area (Å²) < 4.78 is 7.11. The molecule has 2 aliphatic heterocycles. The molecule has 0 spiro atoms. The van der Waals surface area contributed by atoms with Crippen LogP contribution in [0.3, 0.4) is 0 Å². The first kappa shape index (κ1) is 19.1. The highest BCUT2D eigenvalue weighted by Crippen LogP contribution is 2.46. The van der Waals surface area contributed by atoms with E-state index in [9.17, 15) is 4.79 Å². The zero-order valence-electron chi connectivity index (χ0n) is 17.3. The van der Waals surface area contributed by atoms with Crippen molar-refractivity contribution in [1.29, 1.82) is 0 Å². The number of ether oxygens (including phenoxy) is 1. The summed E-state index contributed by atoms with van der Waals surface area (Å²) in [7, 11) is -0.553. The van der Waals surface area contributed by atoms with Crippen molar-refractivity contribution in [2.75, 3.05) is 34.2 Å². The van der Waals surface area contributed by atoms with Crippen molar-refractivity contribution in [1.82, 2.24) is 24.6 Å². The number of nitrogens with zero attached hydrogens (tertiary/aromatic N) is 6. The van der Waals surface area contributed by atoms with Gasteiger partial charge in [0.15, 0.2) is 11.5 Å². The van der Waals surface area contributed by atoms with Gasteiger partial charge in [0, 0.05) is 12.2 Å². The number of cyclic esters (lactones) is 1. The number of anilines is 3. The fourth-order valence-corrected chi connectivity index (χ4v) is 6.03. The van der Waals surface area contributed by atoms with E-state index in [1.165, 1.54) is 6.33 Å². The van der Waals surface area contributed by atoms with Crippen LogP contribution in [0.1, 0.15) is 24.0 Å². The maximum atomic E-state index is 12.7. The number of amides is 1. The average molecular weight is 428 g/mol. The number of rotatable bonds is 3. The van der Waals surface area contributed by atoms with Crippen molar-refractivity contribution in [3.8, 4) is 0 Å². The summed E-state index contributed by atoms with van der Waals surface area (Å²) in [5, 5.41) is 7.45. The smallest absolute Gasteiger partial charge is 0.416 e. The van der Waals surface area contributed by atoms with Crippen LogP contribution >= 0.6 is 10.0 Å². The lowest BCUT2D eigenvalue weighted by atomic mass is 10.1. The van der Waals surface area contributed by atoms with Crippen LogP contribution in [0.2, 0.25) is 0 Å². The fourth-order valence-electron chi connectivity index (χ4n) is 4.01. The predicted molar refractivity (Wildman–Crippen MR) is 118 cm³/mol. The Bertz CT molecular complexity index is 1120. The summed E-state index contributed by atoms with van der Waals surface area (Å²) in [5.41, 5.74) is 3.45. The van der Waals surface area contributed by atoms with Crippen molar-refractivity contribution in [2.45, 2.75) is 32.4 Å². The van der Waals surface area contributed by atoms with Crippen molar-refractivity contribution in [3.05, 3.63) is 35.9 Å². The molecule has 5 heterocycles. The molecule has 1 amide bonds. The highest BCUT2D eigenvalue weighted by atomic mass is 32.3. The Labute approximate surface area is 176 Å². The molecule has 1 saturated heterocycles. The zero-order chi connectivity index (χ0) is 20.9. The topological polar surface area (TPSA) is 97.5 Å². The molecule has 30 heavy (non-hydrogen) atoms. The lowest BCUT2D eigenvalue weighted by Gasteiger charge is -2.43. The van der Waals surface area contributed by atoms with Gasteiger partial charge in [-0.15, -0.1) is 0 Å². The summed E-state index contributed by atoms with van der Waals surface area (Å²) in [6.07, 6.45) is 11.5. The van der Waals surface area contributed by atoms with Crippen molar-refractivity contribution in [3.63, 3.8) is 0 Å². The van der Waals surface area contributed by atoms with E-state index in [4.69, 9.17) is 9.72 Å². The lowest BCUT2D eigenvalue weighted by molar-refractivity contribution is 0.137. The fraction of sp³-hybridized carbons (Fsp3) is 0.450. The standard InChI is InChI=1S/C20H25N7O2S/c1-13-8-17-22-12-23-26(17)10-16(13)24-19-21-9-14-11-29-20(28)27(18(14)25-19)15-4-6-30(2,3)7-5-15/h8-10,12,15H,4-7,11H2,1-3H3,(H,21,24,25). The summed E-state index contributed by atoms with van der Waals surface area (Å²) in [6, 6.07) is 2.07. The molecule has 9 nitrogen and oxygen atoms in total. The minimum Gasteiger partial charge on any atom is -0.444 e. The van der Waals surface area contributed by atoms with E-state index in [1.807, 2.05) is 19.2 Å². The molecule has 10 heteroatoms. The average Bonchev–Trinajstić information content (AvgIpc) is 3.16. The molecule has 1 fully saturated rings. The maximum absolute atomic E-state index is 12.7. The van der Waals surface area contributed by atoms with Gasteiger partial charge >= 0.3 is 6.09 Å². The van der Waals surface area contributed by atoms with Gasteiger partial charge in [0.1, 0.15) is 12.9 Å². The number of hydrogen-bond donors (Lipinski definition) is 1. The molecule has 1 N–H and O–H groups in total. The van der Waals surface area contributed by atoms with Gasteiger partial charge in [-0.3, -0.25) is 4.90 Å². The van der Waals surface area contributed by atoms with Gasteiger partial charge in [0.25, 0.3) is 0 Å². The Morgan fingerprint density at radius 2 is 2.03 bits per heavy atom. The third-order valence-corrected chi connectivity index (χ3v) is 8.54. The minimum absolute atomic E-state index is 0.119. The molecule has 3 aromatic rings. The van der Waals surface area contributed by atoms with E-state index in [2.05, 4.69) is 32.9 Å². The van der Waals surface area contributed by atoms with Crippen LogP contribution in [-0.2, 0) is 11.3 Å². The third-order valence-electron chi connectivity index (χ3n) is 5.86. The first-order chi connectivity index (χ1) is 14.4. The largest absolute Gasteiger partial charge is 0.444 e. The second kappa shape index (κ2) is 7.12. The Kier molecular flexibility index (Phi) is 4.53. The van der Waals surface area contributed by atoms with E-state index in [1.54, 1.807) is 15.6 Å². The Balaban J connectivity index is 1.46. The molecule has 0 atom stereocenters. The number of carbonyl (C=O) groups excluding carboxylic acids is 1. The van der Waals surface area contributed by atoms with Crippen LogP contribution in [0.4, 0.5) is 22.2 Å². The minimum atomic E-state index is -0.553. The highest BCUT2D eigenvalue weighted by molar-refractivity contribution is 8.32. The summed E-state index contributed by atoms with van der Waals surface area (Å²) >= 11 is 0. The van der Waals surface area contributed by atoms with Gasteiger partial charge in [-0.05, 0) is 55.4 Å². The lowest BCUT2D eigenvalue weighted by Crippen LogP contribution is -2.47. The Hall–Kier alpha value is -2.88. The summed E-state index contributed by atoms with van der Waals surface area (Å²) in [6.45, 7) is 2.20. The quantitative estimate of drug-likeness (QED) is 0.685. The number of fused-ring (bicyclic) bond motifs is 2. The molecule has 158 valence electrons. The normalized spacial score (nSPS) is 20.0. The van der Waals surface area contributed by atoms with Crippen LogP contribution < -0.4 is 10.2 Å². The first-order valence-corrected chi connectivity index (χ1v) is 12.8. The molecule has 3 aromatic heterocycles. The van der Waals surface area contributed by atoms with Crippen LogP contribution in [-0.4, -0.2) is 60.7 Å². The van der Waals surface area contributed by atoms with Gasteiger partial charge in [0.2, 0.25) is 5.95 Å². The van der Waals surface area contributed by atoms with Gasteiger partial charge in [-0.25, -0.2) is 29.3 Å². The van der Waals surface area contributed by atoms with E-state index in [-0.39, 0.29) is 18.7 Å². The van der Waals surface area contributed by atoms with Crippen LogP contribution in [0.15, 0.2) is 24.8 Å². The molecule has 2 aliphatic rings. The zero-order valence-corrected chi connectivity index (χ0v) is 18.1. The van der Waals surface area contributed by atoms with Crippen LogP contribution in [0.25, 0.3) is 5.65 Å². The molecule has 0 aromatic carbocycles. The second-order valence-electron chi connectivity index (χ2n) is 8.43. The molecule has 5 rings (SSSR count). The number of aromatic nitrogens is 5. The molecule has 0 bridgehead atoms. The Morgan fingerprint density at radius 3 is 2.83 bits per heavy atom. The summed E-state index contributed by atoms with van der Waals surface area (Å²) in [5.74, 6) is 3.41. The van der Waals surface area contributed by atoms with Crippen molar-refractivity contribution in [2.24, 2.45) is 0 Å². The number of aryl methyl sites for hydroxylation is 1. The van der Waals surface area contributed by atoms with E-state index >= 15 is 0 Å². The molecule has 0 aliphatic carbocycles. The highest BCUT2D eigenvalue weighted by Gasteiger charge is 2.36. The third kappa shape index (κ3) is 3.45. The molecule has 0 unspecified atom stereocenters. The van der Waals surface area contributed by atoms with Gasteiger partial charge in [-0.1, -0.05) is 0 Å².